The molecule has 1 aromatic carbocycles. The third-order valence-corrected chi connectivity index (χ3v) is 5.92. The maximum Gasteiger partial charge on any atom is 0.292 e. The average Bonchev–Trinajstić information content (AvgIpc) is 3.27. The second-order valence-electron chi connectivity index (χ2n) is 8.48. The molecular formula is C20H22ClN5O. The van der Waals surface area contributed by atoms with Crippen molar-refractivity contribution in [3.05, 3.63) is 45.5 Å². The Labute approximate surface area is 162 Å². The molecule has 7 heteroatoms. The summed E-state index contributed by atoms with van der Waals surface area (Å²) in [5, 5.41) is 10.4. The molecule has 0 spiro atoms. The van der Waals surface area contributed by atoms with Crippen molar-refractivity contribution in [3.8, 4) is 5.69 Å². The van der Waals surface area contributed by atoms with E-state index < -0.39 is 0 Å². The van der Waals surface area contributed by atoms with Crippen molar-refractivity contribution in [3.63, 3.8) is 0 Å². The van der Waals surface area contributed by atoms with Crippen LogP contribution in [0.25, 0.3) is 16.6 Å². The molecule has 6 nitrogen and oxygen atoms in total. The van der Waals surface area contributed by atoms with Crippen LogP contribution in [0.15, 0.2) is 29.2 Å². The van der Waals surface area contributed by atoms with Gasteiger partial charge in [-0.15, -0.1) is 0 Å². The van der Waals surface area contributed by atoms with Gasteiger partial charge in [-0.1, -0.05) is 25.4 Å². The maximum atomic E-state index is 13.0. The summed E-state index contributed by atoms with van der Waals surface area (Å²) in [6.45, 7) is 6.14. The molecule has 1 saturated carbocycles. The van der Waals surface area contributed by atoms with E-state index in [1.807, 2.05) is 31.4 Å². The Kier molecular flexibility index (Phi) is 3.47. The highest BCUT2D eigenvalue weighted by atomic mass is 35.5. The van der Waals surface area contributed by atoms with Gasteiger partial charge in [0, 0.05) is 37.1 Å². The fourth-order valence-electron chi connectivity index (χ4n) is 4.08. The van der Waals surface area contributed by atoms with Gasteiger partial charge in [0.1, 0.15) is 5.02 Å². The molecule has 27 heavy (non-hydrogen) atoms. The van der Waals surface area contributed by atoms with E-state index in [1.165, 1.54) is 17.5 Å². The normalized spacial score (nSPS) is 18.3. The molecule has 0 saturated heterocycles. The van der Waals surface area contributed by atoms with Crippen LogP contribution in [-0.2, 0) is 12.5 Å². The number of rotatable bonds is 3. The maximum absolute atomic E-state index is 13.0. The van der Waals surface area contributed by atoms with Gasteiger partial charge in [-0.05, 0) is 37.0 Å². The van der Waals surface area contributed by atoms with Crippen molar-refractivity contribution in [2.45, 2.75) is 32.1 Å². The molecule has 1 fully saturated rings. The number of anilines is 1. The molecule has 0 unspecified atom stereocenters. The minimum Gasteiger partial charge on any atom is -0.367 e. The Morgan fingerprint density at radius 3 is 2.78 bits per heavy atom. The van der Waals surface area contributed by atoms with Crippen LogP contribution in [0.3, 0.4) is 0 Å². The third-order valence-electron chi connectivity index (χ3n) is 5.58. The number of hydrogen-bond donors (Lipinski definition) is 0. The highest BCUT2D eigenvalue weighted by Gasteiger charge is 2.41. The zero-order chi connectivity index (χ0) is 18.9. The lowest BCUT2D eigenvalue weighted by atomic mass is 9.91. The summed E-state index contributed by atoms with van der Waals surface area (Å²) >= 11 is 6.61. The zero-order valence-electron chi connectivity index (χ0n) is 15.7. The van der Waals surface area contributed by atoms with Gasteiger partial charge in [0.25, 0.3) is 5.56 Å². The van der Waals surface area contributed by atoms with Crippen molar-refractivity contribution in [2.24, 2.45) is 13.0 Å². The summed E-state index contributed by atoms with van der Waals surface area (Å²) < 4.78 is 3.20. The first-order valence-corrected chi connectivity index (χ1v) is 9.73. The van der Waals surface area contributed by atoms with E-state index in [0.29, 0.717) is 5.69 Å². The molecule has 0 atom stereocenters. The Hall–Kier alpha value is -2.34. The highest BCUT2D eigenvalue weighted by molar-refractivity contribution is 6.33. The summed E-state index contributed by atoms with van der Waals surface area (Å²) in [4.78, 5) is 15.3. The minimum absolute atomic E-state index is 0.151. The van der Waals surface area contributed by atoms with Crippen LogP contribution in [0.4, 0.5) is 5.69 Å². The van der Waals surface area contributed by atoms with E-state index in [2.05, 4.69) is 23.8 Å². The van der Waals surface area contributed by atoms with Gasteiger partial charge < -0.3 is 4.90 Å². The van der Waals surface area contributed by atoms with Crippen LogP contribution in [0, 0.1) is 5.92 Å². The van der Waals surface area contributed by atoms with Crippen molar-refractivity contribution in [1.29, 1.82) is 0 Å². The number of fused-ring (bicyclic) bond motifs is 2. The highest BCUT2D eigenvalue weighted by Crippen LogP contribution is 2.44. The lowest BCUT2D eigenvalue weighted by molar-refractivity contribution is 0.521. The fraction of sp³-hybridized carbons (Fsp3) is 0.450. The summed E-state index contributed by atoms with van der Waals surface area (Å²) in [5.41, 5.74) is 2.91. The molecule has 0 N–H and O–H groups in total. The Morgan fingerprint density at radius 2 is 2.04 bits per heavy atom. The second-order valence-corrected chi connectivity index (χ2v) is 8.86. The smallest absolute Gasteiger partial charge is 0.292 e. The Morgan fingerprint density at radius 1 is 1.26 bits per heavy atom. The van der Waals surface area contributed by atoms with Crippen LogP contribution >= 0.6 is 11.6 Å². The van der Waals surface area contributed by atoms with Crippen LogP contribution in [0.1, 0.15) is 32.4 Å². The van der Waals surface area contributed by atoms with E-state index in [1.54, 1.807) is 4.68 Å². The quantitative estimate of drug-likeness (QED) is 0.696. The second kappa shape index (κ2) is 5.58. The van der Waals surface area contributed by atoms with Crippen molar-refractivity contribution < 1.29 is 0 Å². The number of hydrogen-bond acceptors (Lipinski definition) is 4. The standard InChI is InChI=1S/C20H22ClN5O/c1-20(2)11-25(9-12-4-5-12)17-16(21)19(27)26(23-18(17)20)14-6-7-15-13(8-14)10-24(3)22-15/h6-8,10,12H,4-5,9,11H2,1-3H3. The first-order chi connectivity index (χ1) is 12.8. The molecule has 140 valence electrons. The lowest BCUT2D eigenvalue weighted by Crippen LogP contribution is -2.30. The van der Waals surface area contributed by atoms with Gasteiger partial charge >= 0.3 is 0 Å². The topological polar surface area (TPSA) is 56.0 Å². The molecule has 1 aliphatic carbocycles. The SMILES string of the molecule is Cn1cc2cc(-n3nc4c(c(Cl)c3=O)N(CC3CC3)CC4(C)C)ccc2n1. The third kappa shape index (κ3) is 2.65. The first-order valence-electron chi connectivity index (χ1n) is 9.35. The van der Waals surface area contributed by atoms with Gasteiger partial charge in [-0.3, -0.25) is 9.48 Å². The number of aromatic nitrogens is 4. The number of halogens is 1. The number of nitrogens with zero attached hydrogens (tertiary/aromatic N) is 5. The molecule has 0 amide bonds. The Balaban J connectivity index is 1.67. The lowest BCUT2D eigenvalue weighted by Gasteiger charge is -2.21. The van der Waals surface area contributed by atoms with Gasteiger partial charge in [0.15, 0.2) is 0 Å². The molecule has 3 aromatic rings. The summed E-state index contributed by atoms with van der Waals surface area (Å²) in [5.74, 6) is 0.721. The summed E-state index contributed by atoms with van der Waals surface area (Å²) in [6.07, 6.45) is 4.46. The predicted octanol–water partition coefficient (Wildman–Crippen LogP) is 3.28. The van der Waals surface area contributed by atoms with Crippen molar-refractivity contribution >= 4 is 28.2 Å². The minimum atomic E-state index is -0.267. The van der Waals surface area contributed by atoms with Crippen LogP contribution < -0.4 is 10.5 Å². The largest absolute Gasteiger partial charge is 0.367 e. The molecular weight excluding hydrogens is 362 g/mol. The molecule has 1 aliphatic heterocycles. The van der Waals surface area contributed by atoms with Crippen molar-refractivity contribution in [2.75, 3.05) is 18.0 Å². The fourth-order valence-corrected chi connectivity index (χ4v) is 4.37. The molecule has 0 radical (unpaired) electrons. The van der Waals surface area contributed by atoms with Crippen LogP contribution in [0.5, 0.6) is 0 Å². The van der Waals surface area contributed by atoms with E-state index in [9.17, 15) is 4.79 Å². The number of aryl methyl sites for hydroxylation is 1. The molecule has 5 rings (SSSR count). The van der Waals surface area contributed by atoms with Gasteiger partial charge in [-0.2, -0.15) is 14.9 Å². The summed E-state index contributed by atoms with van der Waals surface area (Å²) in [6, 6.07) is 5.71. The van der Waals surface area contributed by atoms with E-state index in [0.717, 1.165) is 41.3 Å². The van der Waals surface area contributed by atoms with Crippen LogP contribution in [-0.4, -0.2) is 32.7 Å². The first kappa shape index (κ1) is 16.8. The summed E-state index contributed by atoms with van der Waals surface area (Å²) in [7, 11) is 1.88. The molecule has 2 aliphatic rings. The van der Waals surface area contributed by atoms with Gasteiger partial charge in [0.2, 0.25) is 0 Å². The molecule has 0 bridgehead atoms. The van der Waals surface area contributed by atoms with E-state index in [4.69, 9.17) is 16.7 Å². The van der Waals surface area contributed by atoms with Crippen molar-refractivity contribution in [1.82, 2.24) is 19.6 Å². The monoisotopic (exact) mass is 383 g/mol. The zero-order valence-corrected chi connectivity index (χ0v) is 16.5. The average molecular weight is 384 g/mol. The number of benzene rings is 1. The van der Waals surface area contributed by atoms with Gasteiger partial charge in [-0.25, -0.2) is 0 Å². The molecule has 2 aromatic heterocycles. The van der Waals surface area contributed by atoms with Gasteiger partial charge in [0.05, 0.1) is 22.6 Å². The van der Waals surface area contributed by atoms with E-state index >= 15 is 0 Å². The Bertz CT molecular complexity index is 1130. The molecule has 3 heterocycles. The predicted molar refractivity (Wildman–Crippen MR) is 107 cm³/mol. The van der Waals surface area contributed by atoms with Crippen LogP contribution in [0.2, 0.25) is 5.02 Å². The van der Waals surface area contributed by atoms with E-state index in [-0.39, 0.29) is 16.0 Å².